The van der Waals surface area contributed by atoms with Gasteiger partial charge in [-0.3, -0.25) is 9.59 Å². The Morgan fingerprint density at radius 3 is 1.71 bits per heavy atom. The van der Waals surface area contributed by atoms with Crippen LogP contribution in [0.4, 0.5) is 5.69 Å². The Morgan fingerprint density at radius 2 is 1.16 bits per heavy atom. The number of benzene rings is 3. The number of fused-ring (bicyclic) bond motifs is 4. The Bertz CT molecular complexity index is 1590. The van der Waals surface area contributed by atoms with Crippen molar-refractivity contribution in [3.8, 4) is 0 Å². The minimum atomic E-state index is -0.0260. The summed E-state index contributed by atoms with van der Waals surface area (Å²) < 4.78 is 0. The molecule has 0 saturated heterocycles. The van der Waals surface area contributed by atoms with Gasteiger partial charge >= 0.3 is 0 Å². The molecule has 5 nitrogen and oxygen atoms in total. The van der Waals surface area contributed by atoms with Crippen LogP contribution < -0.4 is 15.8 Å². The minimum Gasteiger partial charge on any atom is -0.372 e. The molecule has 156 valence electrons. The molecule has 2 N–H and O–H groups in total. The van der Waals surface area contributed by atoms with E-state index >= 15 is 0 Å². The number of rotatable bonds is 4. The van der Waals surface area contributed by atoms with E-state index < -0.39 is 0 Å². The van der Waals surface area contributed by atoms with Crippen molar-refractivity contribution in [2.45, 2.75) is 27.2 Å². The average molecular weight is 412 g/mol. The number of hydrogen-bond acceptors (Lipinski definition) is 3. The SMILES string of the molecule is CCc1ccc2[nH]c3cc4c(=O)c5cc(N(CC)CC)ccc5[nH]c4cc3c(=O)c2c1. The zero-order valence-corrected chi connectivity index (χ0v) is 18.0. The Hall–Kier alpha value is -3.60. The largest absolute Gasteiger partial charge is 0.372 e. The first-order valence-corrected chi connectivity index (χ1v) is 10.9. The lowest BCUT2D eigenvalue weighted by Crippen LogP contribution is -2.22. The molecule has 0 bridgehead atoms. The van der Waals surface area contributed by atoms with Crippen LogP contribution in [-0.4, -0.2) is 23.1 Å². The predicted octanol–water partition coefficient (Wildman–Crippen LogP) is 5.08. The highest BCUT2D eigenvalue weighted by molar-refractivity contribution is 6.03. The third-order valence-corrected chi connectivity index (χ3v) is 6.30. The standard InChI is InChI=1S/C26H25N3O2/c1-4-15-7-9-21-17(11-15)25(30)19-13-24-20(14-23(19)27-21)26(31)18-12-16(29(5-2)6-3)8-10-22(18)28-24/h7-14H,4-6H2,1-3H3,(H,27,30)(H,28,31). The molecular weight excluding hydrogens is 386 g/mol. The fourth-order valence-electron chi connectivity index (χ4n) is 4.49. The van der Waals surface area contributed by atoms with Crippen LogP contribution in [0.2, 0.25) is 0 Å². The molecule has 5 heteroatoms. The summed E-state index contributed by atoms with van der Waals surface area (Å²) in [6.45, 7) is 8.05. The van der Waals surface area contributed by atoms with Gasteiger partial charge in [0.05, 0.1) is 11.0 Å². The zero-order valence-electron chi connectivity index (χ0n) is 18.0. The second-order valence-corrected chi connectivity index (χ2v) is 7.99. The zero-order chi connectivity index (χ0) is 21.7. The lowest BCUT2D eigenvalue weighted by atomic mass is 10.0. The highest BCUT2D eigenvalue weighted by atomic mass is 16.1. The molecule has 0 amide bonds. The number of aromatic amines is 2. The maximum Gasteiger partial charge on any atom is 0.197 e. The first kappa shape index (κ1) is 19.4. The quantitative estimate of drug-likeness (QED) is 0.405. The Morgan fingerprint density at radius 1 is 0.645 bits per heavy atom. The van der Waals surface area contributed by atoms with Gasteiger partial charge in [0.1, 0.15) is 0 Å². The molecule has 2 aromatic heterocycles. The van der Waals surface area contributed by atoms with Crippen molar-refractivity contribution in [1.82, 2.24) is 9.97 Å². The molecule has 2 heterocycles. The molecule has 0 fully saturated rings. The molecule has 0 aliphatic rings. The lowest BCUT2D eigenvalue weighted by molar-refractivity contribution is 0.867. The van der Waals surface area contributed by atoms with Gasteiger partial charge in [-0.15, -0.1) is 0 Å². The second-order valence-electron chi connectivity index (χ2n) is 7.99. The van der Waals surface area contributed by atoms with E-state index in [9.17, 15) is 9.59 Å². The number of H-pyrrole nitrogens is 2. The monoisotopic (exact) mass is 411 g/mol. The van der Waals surface area contributed by atoms with Crippen molar-refractivity contribution >= 4 is 49.3 Å². The minimum absolute atomic E-state index is 0.0150. The lowest BCUT2D eigenvalue weighted by Gasteiger charge is -2.21. The Kier molecular flexibility index (Phi) is 4.54. The molecule has 0 unspecified atom stereocenters. The second kappa shape index (κ2) is 7.27. The fourth-order valence-corrected chi connectivity index (χ4v) is 4.49. The molecule has 0 aliphatic carbocycles. The molecule has 0 aliphatic heterocycles. The molecule has 0 atom stereocenters. The molecule has 3 aromatic carbocycles. The van der Waals surface area contributed by atoms with Gasteiger partial charge in [-0.2, -0.15) is 0 Å². The third kappa shape index (κ3) is 3.00. The summed E-state index contributed by atoms with van der Waals surface area (Å²) in [6.07, 6.45) is 0.875. The number of pyridine rings is 2. The van der Waals surface area contributed by atoms with Gasteiger partial charge in [0.25, 0.3) is 0 Å². The molecule has 0 spiro atoms. The van der Waals surface area contributed by atoms with Crippen LogP contribution in [0.25, 0.3) is 43.6 Å². The van der Waals surface area contributed by atoms with Crippen molar-refractivity contribution in [1.29, 1.82) is 0 Å². The Labute approximate surface area is 179 Å². The topological polar surface area (TPSA) is 69.0 Å². The smallest absolute Gasteiger partial charge is 0.197 e. The summed E-state index contributed by atoms with van der Waals surface area (Å²) in [5.74, 6) is 0. The van der Waals surface area contributed by atoms with Crippen LogP contribution in [0, 0.1) is 0 Å². The molecule has 5 rings (SSSR count). The van der Waals surface area contributed by atoms with Crippen LogP contribution in [0.1, 0.15) is 26.3 Å². The van der Waals surface area contributed by atoms with Gasteiger partial charge in [-0.05, 0) is 68.3 Å². The number of nitrogens with one attached hydrogen (secondary N) is 2. The van der Waals surface area contributed by atoms with Gasteiger partial charge < -0.3 is 14.9 Å². The van der Waals surface area contributed by atoms with Crippen molar-refractivity contribution in [3.63, 3.8) is 0 Å². The van der Waals surface area contributed by atoms with Gasteiger partial charge in [0.2, 0.25) is 0 Å². The van der Waals surface area contributed by atoms with Gasteiger partial charge in [-0.1, -0.05) is 13.0 Å². The normalized spacial score (nSPS) is 11.7. The van der Waals surface area contributed by atoms with E-state index in [1.165, 1.54) is 0 Å². The molecule has 5 aromatic rings. The van der Waals surface area contributed by atoms with E-state index in [2.05, 4.69) is 35.6 Å². The first-order chi connectivity index (χ1) is 15.0. The summed E-state index contributed by atoms with van der Waals surface area (Å²) in [4.78, 5) is 35.5. The van der Waals surface area contributed by atoms with Crippen molar-refractivity contribution in [2.24, 2.45) is 0 Å². The maximum atomic E-state index is 13.4. The van der Waals surface area contributed by atoms with Crippen LogP contribution in [0.15, 0.2) is 58.1 Å². The molecule has 31 heavy (non-hydrogen) atoms. The molecule has 0 radical (unpaired) electrons. The van der Waals surface area contributed by atoms with E-state index in [4.69, 9.17) is 0 Å². The predicted molar refractivity (Wildman–Crippen MR) is 131 cm³/mol. The van der Waals surface area contributed by atoms with E-state index in [1.807, 2.05) is 42.5 Å². The summed E-state index contributed by atoms with van der Waals surface area (Å²) in [6, 6.07) is 15.5. The third-order valence-electron chi connectivity index (χ3n) is 6.30. The van der Waals surface area contributed by atoms with Gasteiger partial charge in [-0.25, -0.2) is 0 Å². The number of aryl methyl sites for hydroxylation is 1. The number of hydrogen-bond donors (Lipinski definition) is 2. The van der Waals surface area contributed by atoms with E-state index in [0.717, 1.165) is 41.8 Å². The van der Waals surface area contributed by atoms with Crippen LogP contribution in [0.3, 0.4) is 0 Å². The summed E-state index contributed by atoms with van der Waals surface area (Å²) in [5, 5.41) is 2.50. The number of aromatic nitrogens is 2. The molecular formula is C26H25N3O2. The van der Waals surface area contributed by atoms with Crippen molar-refractivity contribution < 1.29 is 0 Å². The summed E-state index contributed by atoms with van der Waals surface area (Å²) in [5.41, 5.74) is 5.04. The fraction of sp³-hybridized carbons (Fsp3) is 0.231. The van der Waals surface area contributed by atoms with E-state index in [0.29, 0.717) is 32.6 Å². The van der Waals surface area contributed by atoms with E-state index in [1.54, 1.807) is 6.07 Å². The van der Waals surface area contributed by atoms with Crippen molar-refractivity contribution in [3.05, 3.63) is 74.5 Å². The highest BCUT2D eigenvalue weighted by Gasteiger charge is 2.12. The van der Waals surface area contributed by atoms with E-state index in [-0.39, 0.29) is 10.9 Å². The van der Waals surface area contributed by atoms with Gasteiger partial charge in [0.15, 0.2) is 10.9 Å². The maximum absolute atomic E-state index is 13.4. The van der Waals surface area contributed by atoms with Crippen molar-refractivity contribution in [2.75, 3.05) is 18.0 Å². The van der Waals surface area contributed by atoms with Crippen LogP contribution >= 0.6 is 0 Å². The van der Waals surface area contributed by atoms with Crippen LogP contribution in [-0.2, 0) is 6.42 Å². The van der Waals surface area contributed by atoms with Crippen LogP contribution in [0.5, 0.6) is 0 Å². The summed E-state index contributed by atoms with van der Waals surface area (Å²) >= 11 is 0. The number of nitrogens with zero attached hydrogens (tertiary/aromatic N) is 1. The summed E-state index contributed by atoms with van der Waals surface area (Å²) in [7, 11) is 0. The highest BCUT2D eigenvalue weighted by Crippen LogP contribution is 2.24. The average Bonchev–Trinajstić information content (AvgIpc) is 2.80. The first-order valence-electron chi connectivity index (χ1n) is 10.9. The Balaban J connectivity index is 1.83. The molecule has 0 saturated carbocycles. The van der Waals surface area contributed by atoms with Gasteiger partial charge in [0, 0.05) is 51.4 Å². The number of anilines is 1.